The number of esters is 1. The summed E-state index contributed by atoms with van der Waals surface area (Å²) in [6.07, 6.45) is 0.855. The summed E-state index contributed by atoms with van der Waals surface area (Å²) < 4.78 is 12.1. The van der Waals surface area contributed by atoms with E-state index in [0.29, 0.717) is 31.6 Å². The number of imide groups is 1. The van der Waals surface area contributed by atoms with Crippen molar-refractivity contribution < 1.29 is 28.7 Å². The standard InChI is InChI=1S/C20H29N3O6/c1-6-20(7-2)18(26)23(19(27)21-20)11-17(25)29-12-16(24)15-10-13(3)22(14(15)4)8-9-28-5/h10H,6-9,11-12H2,1-5H3,(H,21,27). The summed E-state index contributed by atoms with van der Waals surface area (Å²) in [4.78, 5) is 50.1. The van der Waals surface area contributed by atoms with Gasteiger partial charge in [-0.25, -0.2) is 4.79 Å². The third-order valence-electron chi connectivity index (χ3n) is 5.50. The van der Waals surface area contributed by atoms with Crippen molar-refractivity contribution in [2.24, 2.45) is 0 Å². The number of urea groups is 1. The molecule has 0 aromatic carbocycles. The van der Waals surface area contributed by atoms with E-state index in [9.17, 15) is 19.2 Å². The van der Waals surface area contributed by atoms with E-state index in [1.165, 1.54) is 0 Å². The first kappa shape index (κ1) is 22.6. The van der Waals surface area contributed by atoms with Crippen LogP contribution in [0.3, 0.4) is 0 Å². The van der Waals surface area contributed by atoms with Crippen LogP contribution in [-0.2, 0) is 25.6 Å². The Morgan fingerprint density at radius 2 is 1.83 bits per heavy atom. The Morgan fingerprint density at radius 1 is 1.17 bits per heavy atom. The predicted octanol–water partition coefficient (Wildman–Crippen LogP) is 1.59. The van der Waals surface area contributed by atoms with Crippen LogP contribution < -0.4 is 5.32 Å². The zero-order chi connectivity index (χ0) is 21.8. The largest absolute Gasteiger partial charge is 0.456 e. The van der Waals surface area contributed by atoms with Gasteiger partial charge in [0, 0.05) is 30.6 Å². The van der Waals surface area contributed by atoms with Crippen LogP contribution in [0.2, 0.25) is 0 Å². The van der Waals surface area contributed by atoms with Gasteiger partial charge in [-0.1, -0.05) is 13.8 Å². The highest BCUT2D eigenvalue weighted by Crippen LogP contribution is 2.24. The van der Waals surface area contributed by atoms with Crippen molar-refractivity contribution in [1.29, 1.82) is 0 Å². The van der Waals surface area contributed by atoms with Gasteiger partial charge in [0.15, 0.2) is 6.61 Å². The first-order valence-electron chi connectivity index (χ1n) is 9.69. The third kappa shape index (κ3) is 4.50. The second-order valence-corrected chi connectivity index (χ2v) is 7.12. The number of hydrogen-bond acceptors (Lipinski definition) is 6. The Balaban J connectivity index is 1.97. The summed E-state index contributed by atoms with van der Waals surface area (Å²) >= 11 is 0. The first-order chi connectivity index (χ1) is 13.7. The molecule has 1 fully saturated rings. The molecule has 29 heavy (non-hydrogen) atoms. The van der Waals surface area contributed by atoms with Gasteiger partial charge in [-0.3, -0.25) is 19.3 Å². The lowest BCUT2D eigenvalue weighted by Crippen LogP contribution is -2.46. The monoisotopic (exact) mass is 407 g/mol. The van der Waals surface area contributed by atoms with Crippen molar-refractivity contribution in [1.82, 2.24) is 14.8 Å². The Morgan fingerprint density at radius 3 is 2.38 bits per heavy atom. The molecule has 0 aliphatic carbocycles. The minimum absolute atomic E-state index is 0.344. The molecule has 3 amide bonds. The SMILES string of the molecule is CCC1(CC)NC(=O)N(CC(=O)OCC(=O)c2cc(C)n(CCOC)c2C)C1=O. The van der Waals surface area contributed by atoms with E-state index in [1.807, 2.05) is 18.4 Å². The van der Waals surface area contributed by atoms with Crippen molar-refractivity contribution in [3.05, 3.63) is 23.0 Å². The Kier molecular flexibility index (Phi) is 7.18. The summed E-state index contributed by atoms with van der Waals surface area (Å²) in [6.45, 7) is 7.45. The van der Waals surface area contributed by atoms with Gasteiger partial charge >= 0.3 is 12.0 Å². The highest BCUT2D eigenvalue weighted by atomic mass is 16.5. The molecule has 0 saturated carbocycles. The number of Topliss-reactive ketones (excluding diaryl/α,β-unsaturated/α-hetero) is 1. The molecule has 1 aliphatic heterocycles. The van der Waals surface area contributed by atoms with Crippen molar-refractivity contribution in [2.45, 2.75) is 52.6 Å². The average molecular weight is 407 g/mol. The molecule has 1 N–H and O–H groups in total. The number of carbonyl (C=O) groups is 4. The molecule has 1 aromatic heterocycles. The van der Waals surface area contributed by atoms with E-state index in [0.717, 1.165) is 16.3 Å². The van der Waals surface area contributed by atoms with E-state index < -0.39 is 36.6 Å². The molecule has 160 valence electrons. The van der Waals surface area contributed by atoms with Gasteiger partial charge in [0.2, 0.25) is 5.78 Å². The summed E-state index contributed by atoms with van der Waals surface area (Å²) in [5.41, 5.74) is 1.17. The summed E-state index contributed by atoms with van der Waals surface area (Å²) in [5, 5.41) is 2.65. The maximum atomic E-state index is 12.5. The fourth-order valence-electron chi connectivity index (χ4n) is 3.56. The molecule has 0 unspecified atom stereocenters. The molecular formula is C20H29N3O6. The number of methoxy groups -OCH3 is 1. The van der Waals surface area contributed by atoms with Crippen molar-refractivity contribution in [3.8, 4) is 0 Å². The number of rotatable bonds is 10. The molecule has 2 heterocycles. The first-order valence-corrected chi connectivity index (χ1v) is 9.69. The summed E-state index contributed by atoms with van der Waals surface area (Å²) in [6, 6.07) is 1.12. The number of nitrogens with one attached hydrogen (secondary N) is 1. The van der Waals surface area contributed by atoms with E-state index in [2.05, 4.69) is 5.32 Å². The van der Waals surface area contributed by atoms with Gasteiger partial charge in [0.25, 0.3) is 5.91 Å². The van der Waals surface area contributed by atoms with E-state index in [-0.39, 0.29) is 5.78 Å². The minimum atomic E-state index is -0.979. The lowest BCUT2D eigenvalue weighted by molar-refractivity contribution is -0.146. The fourth-order valence-corrected chi connectivity index (χ4v) is 3.56. The zero-order valence-electron chi connectivity index (χ0n) is 17.7. The van der Waals surface area contributed by atoms with E-state index in [1.54, 1.807) is 27.0 Å². The van der Waals surface area contributed by atoms with Crippen LogP contribution in [-0.4, -0.2) is 65.6 Å². The smallest absolute Gasteiger partial charge is 0.326 e. The molecule has 0 bridgehead atoms. The van der Waals surface area contributed by atoms with Crippen molar-refractivity contribution >= 4 is 23.7 Å². The van der Waals surface area contributed by atoms with Crippen molar-refractivity contribution in [2.75, 3.05) is 26.9 Å². The molecule has 0 spiro atoms. The van der Waals surface area contributed by atoms with E-state index >= 15 is 0 Å². The van der Waals surface area contributed by atoms with Gasteiger partial charge in [-0.15, -0.1) is 0 Å². The molecule has 9 heteroatoms. The normalized spacial score (nSPS) is 15.6. The number of hydrogen-bond donors (Lipinski definition) is 1. The fraction of sp³-hybridized carbons (Fsp3) is 0.600. The Hall–Kier alpha value is -2.68. The highest BCUT2D eigenvalue weighted by Gasteiger charge is 2.49. The van der Waals surface area contributed by atoms with Crippen LogP contribution >= 0.6 is 0 Å². The van der Waals surface area contributed by atoms with E-state index in [4.69, 9.17) is 9.47 Å². The Bertz CT molecular complexity index is 809. The van der Waals surface area contributed by atoms with Gasteiger partial charge in [0.05, 0.1) is 6.61 Å². The predicted molar refractivity (Wildman–Crippen MR) is 105 cm³/mol. The molecule has 9 nitrogen and oxygen atoms in total. The number of aryl methyl sites for hydroxylation is 1. The second kappa shape index (κ2) is 9.21. The molecule has 1 aromatic rings. The number of aromatic nitrogens is 1. The molecule has 0 radical (unpaired) electrons. The molecule has 2 rings (SSSR count). The van der Waals surface area contributed by atoms with Gasteiger partial charge < -0.3 is 19.4 Å². The zero-order valence-corrected chi connectivity index (χ0v) is 17.7. The number of amides is 3. The summed E-state index contributed by atoms with van der Waals surface area (Å²) in [7, 11) is 1.61. The number of carbonyl (C=O) groups excluding carboxylic acids is 4. The minimum Gasteiger partial charge on any atom is -0.456 e. The molecule has 1 aliphatic rings. The number of ether oxygens (including phenoxy) is 2. The van der Waals surface area contributed by atoms with Gasteiger partial charge in [-0.05, 0) is 32.8 Å². The second-order valence-electron chi connectivity index (χ2n) is 7.12. The van der Waals surface area contributed by atoms with Gasteiger partial charge in [-0.2, -0.15) is 0 Å². The highest BCUT2D eigenvalue weighted by molar-refractivity contribution is 6.08. The van der Waals surface area contributed by atoms with Crippen LogP contribution in [0.1, 0.15) is 48.4 Å². The van der Waals surface area contributed by atoms with Crippen LogP contribution in [0.25, 0.3) is 0 Å². The third-order valence-corrected chi connectivity index (χ3v) is 5.50. The average Bonchev–Trinajstić information content (AvgIpc) is 3.12. The maximum absolute atomic E-state index is 12.5. The molecular weight excluding hydrogens is 378 g/mol. The lowest BCUT2D eigenvalue weighted by Gasteiger charge is -2.22. The Labute approximate surface area is 170 Å². The lowest BCUT2D eigenvalue weighted by atomic mass is 9.93. The number of nitrogens with zero attached hydrogens (tertiary/aromatic N) is 2. The maximum Gasteiger partial charge on any atom is 0.326 e. The molecule has 1 saturated heterocycles. The van der Waals surface area contributed by atoms with Crippen LogP contribution in [0.15, 0.2) is 6.07 Å². The topological polar surface area (TPSA) is 107 Å². The van der Waals surface area contributed by atoms with Crippen molar-refractivity contribution in [3.63, 3.8) is 0 Å². The van der Waals surface area contributed by atoms with Crippen LogP contribution in [0.4, 0.5) is 4.79 Å². The van der Waals surface area contributed by atoms with Crippen LogP contribution in [0.5, 0.6) is 0 Å². The number of ketones is 1. The van der Waals surface area contributed by atoms with Crippen LogP contribution in [0, 0.1) is 13.8 Å². The summed E-state index contributed by atoms with van der Waals surface area (Å²) in [5.74, 6) is -1.60. The molecule has 0 atom stereocenters. The van der Waals surface area contributed by atoms with Gasteiger partial charge in [0.1, 0.15) is 12.1 Å². The quantitative estimate of drug-likeness (QED) is 0.359.